The SMILES string of the molecule is COc1cc(Cn2cccc(C(=O)Nc3ccc(F)c(Cl)c3)c2=O)cc(OC)c1. The van der Waals surface area contributed by atoms with Crippen LogP contribution >= 0.6 is 11.6 Å². The lowest BCUT2D eigenvalue weighted by atomic mass is 10.2. The summed E-state index contributed by atoms with van der Waals surface area (Å²) >= 11 is 5.73. The van der Waals surface area contributed by atoms with Gasteiger partial charge in [-0.15, -0.1) is 0 Å². The fourth-order valence-corrected chi connectivity index (χ4v) is 2.94. The van der Waals surface area contributed by atoms with Crippen molar-refractivity contribution >= 4 is 23.2 Å². The molecule has 1 N–H and O–H groups in total. The lowest BCUT2D eigenvalue weighted by Crippen LogP contribution is -2.29. The van der Waals surface area contributed by atoms with Crippen LogP contribution in [0.2, 0.25) is 5.02 Å². The molecule has 3 aromatic rings. The maximum Gasteiger partial charge on any atom is 0.263 e. The van der Waals surface area contributed by atoms with E-state index in [1.54, 1.807) is 30.5 Å². The van der Waals surface area contributed by atoms with Crippen LogP contribution in [0.3, 0.4) is 0 Å². The minimum Gasteiger partial charge on any atom is -0.497 e. The number of rotatable bonds is 6. The fourth-order valence-electron chi connectivity index (χ4n) is 2.76. The normalized spacial score (nSPS) is 10.5. The first-order valence-corrected chi connectivity index (χ1v) is 8.97. The van der Waals surface area contributed by atoms with Gasteiger partial charge in [-0.05, 0) is 48.0 Å². The topological polar surface area (TPSA) is 69.6 Å². The van der Waals surface area contributed by atoms with Crippen molar-refractivity contribution in [1.82, 2.24) is 4.57 Å². The third-order valence-electron chi connectivity index (χ3n) is 4.21. The second kappa shape index (κ2) is 8.79. The van der Waals surface area contributed by atoms with Crippen LogP contribution in [0.4, 0.5) is 10.1 Å². The Morgan fingerprint density at radius 1 is 1.10 bits per heavy atom. The first kappa shape index (κ1) is 20.4. The summed E-state index contributed by atoms with van der Waals surface area (Å²) in [6, 6.07) is 12.1. The maximum absolute atomic E-state index is 13.3. The molecule has 0 radical (unpaired) electrons. The van der Waals surface area contributed by atoms with E-state index in [1.165, 1.54) is 37.0 Å². The summed E-state index contributed by atoms with van der Waals surface area (Å²) in [6.07, 6.45) is 1.58. The first-order valence-electron chi connectivity index (χ1n) is 8.59. The number of benzene rings is 2. The zero-order valence-corrected chi connectivity index (χ0v) is 16.5. The Bertz CT molecular complexity index is 1090. The average molecular weight is 417 g/mol. The zero-order chi connectivity index (χ0) is 21.0. The van der Waals surface area contributed by atoms with Crippen molar-refractivity contribution in [3.05, 3.63) is 87.0 Å². The molecule has 1 heterocycles. The van der Waals surface area contributed by atoms with Crippen LogP contribution < -0.4 is 20.3 Å². The van der Waals surface area contributed by atoms with Gasteiger partial charge >= 0.3 is 0 Å². The smallest absolute Gasteiger partial charge is 0.263 e. The Labute approximate surface area is 171 Å². The number of nitrogens with zero attached hydrogens (tertiary/aromatic N) is 1. The third-order valence-corrected chi connectivity index (χ3v) is 4.50. The van der Waals surface area contributed by atoms with Crippen LogP contribution in [0.1, 0.15) is 15.9 Å². The number of amides is 1. The van der Waals surface area contributed by atoms with E-state index in [2.05, 4.69) is 5.32 Å². The molecule has 0 saturated heterocycles. The molecular weight excluding hydrogens is 399 g/mol. The molecule has 150 valence electrons. The van der Waals surface area contributed by atoms with Crippen LogP contribution in [0.25, 0.3) is 0 Å². The predicted molar refractivity (Wildman–Crippen MR) is 109 cm³/mol. The Kier molecular flexibility index (Phi) is 6.19. The summed E-state index contributed by atoms with van der Waals surface area (Å²) in [5.41, 5.74) is 0.530. The monoisotopic (exact) mass is 416 g/mol. The van der Waals surface area contributed by atoms with Crippen molar-refractivity contribution in [2.45, 2.75) is 6.54 Å². The minimum absolute atomic E-state index is 0.0530. The van der Waals surface area contributed by atoms with Gasteiger partial charge < -0.3 is 19.4 Å². The number of methoxy groups -OCH3 is 2. The molecule has 0 aliphatic rings. The third kappa shape index (κ3) is 4.75. The van der Waals surface area contributed by atoms with Gasteiger partial charge in [0.2, 0.25) is 0 Å². The Balaban J connectivity index is 1.87. The highest BCUT2D eigenvalue weighted by molar-refractivity contribution is 6.31. The highest BCUT2D eigenvalue weighted by atomic mass is 35.5. The van der Waals surface area contributed by atoms with E-state index in [1.807, 2.05) is 0 Å². The average Bonchev–Trinajstić information content (AvgIpc) is 2.71. The Morgan fingerprint density at radius 3 is 2.41 bits per heavy atom. The van der Waals surface area contributed by atoms with Crippen molar-refractivity contribution in [2.75, 3.05) is 19.5 Å². The quantitative estimate of drug-likeness (QED) is 0.660. The number of aromatic nitrogens is 1. The Morgan fingerprint density at radius 2 is 1.79 bits per heavy atom. The molecule has 0 atom stereocenters. The lowest BCUT2D eigenvalue weighted by Gasteiger charge is -2.11. The first-order chi connectivity index (χ1) is 13.9. The molecule has 2 aromatic carbocycles. The van der Waals surface area contributed by atoms with Crippen molar-refractivity contribution in [1.29, 1.82) is 0 Å². The van der Waals surface area contributed by atoms with Gasteiger partial charge in [-0.3, -0.25) is 9.59 Å². The maximum atomic E-state index is 13.3. The summed E-state index contributed by atoms with van der Waals surface area (Å²) in [5, 5.41) is 2.43. The predicted octanol–water partition coefficient (Wildman–Crippen LogP) is 3.96. The van der Waals surface area contributed by atoms with Crippen LogP contribution in [0.5, 0.6) is 11.5 Å². The number of carbonyl (C=O) groups is 1. The standard InChI is InChI=1S/C21H18ClFN2O4/c1-28-15-8-13(9-16(11-15)29-2)12-25-7-3-4-17(21(25)27)20(26)24-14-5-6-19(23)18(22)10-14/h3-11H,12H2,1-2H3,(H,24,26). The number of halogens is 2. The van der Waals surface area contributed by atoms with E-state index in [-0.39, 0.29) is 22.8 Å². The number of carbonyl (C=O) groups excluding carboxylic acids is 1. The summed E-state index contributed by atoms with van der Waals surface area (Å²) < 4.78 is 25.2. The summed E-state index contributed by atoms with van der Waals surface area (Å²) in [6.45, 7) is 0.218. The molecule has 1 aromatic heterocycles. The second-order valence-corrected chi connectivity index (χ2v) is 6.57. The van der Waals surface area contributed by atoms with Gasteiger partial charge in [0, 0.05) is 18.0 Å². The molecule has 8 heteroatoms. The largest absolute Gasteiger partial charge is 0.497 e. The van der Waals surface area contributed by atoms with Crippen molar-refractivity contribution in [3.63, 3.8) is 0 Å². The molecule has 1 amide bonds. The molecular formula is C21H18ClFN2O4. The molecule has 0 aliphatic heterocycles. The minimum atomic E-state index is -0.616. The van der Waals surface area contributed by atoms with Gasteiger partial charge in [-0.25, -0.2) is 4.39 Å². The molecule has 0 bridgehead atoms. The van der Waals surface area contributed by atoms with Gasteiger partial charge in [0.1, 0.15) is 22.9 Å². The number of hydrogen-bond acceptors (Lipinski definition) is 4. The van der Waals surface area contributed by atoms with Crippen molar-refractivity contribution < 1.29 is 18.7 Å². The van der Waals surface area contributed by atoms with E-state index < -0.39 is 17.3 Å². The second-order valence-electron chi connectivity index (χ2n) is 6.16. The molecule has 0 fully saturated rings. The molecule has 29 heavy (non-hydrogen) atoms. The summed E-state index contributed by atoms with van der Waals surface area (Å²) in [7, 11) is 3.08. The molecule has 0 saturated carbocycles. The van der Waals surface area contributed by atoms with Gasteiger partial charge in [0.25, 0.3) is 11.5 Å². The van der Waals surface area contributed by atoms with E-state index in [0.717, 1.165) is 11.6 Å². The van der Waals surface area contributed by atoms with Gasteiger partial charge in [-0.1, -0.05) is 11.6 Å². The van der Waals surface area contributed by atoms with E-state index in [9.17, 15) is 14.0 Å². The number of ether oxygens (including phenoxy) is 2. The molecule has 0 unspecified atom stereocenters. The highest BCUT2D eigenvalue weighted by Gasteiger charge is 2.14. The summed E-state index contributed by atoms with van der Waals surface area (Å²) in [4.78, 5) is 25.3. The molecule has 6 nitrogen and oxygen atoms in total. The molecule has 0 aliphatic carbocycles. The highest BCUT2D eigenvalue weighted by Crippen LogP contribution is 2.23. The van der Waals surface area contributed by atoms with Gasteiger partial charge in [-0.2, -0.15) is 0 Å². The Hall–Kier alpha value is -3.32. The lowest BCUT2D eigenvalue weighted by molar-refractivity contribution is 0.102. The van der Waals surface area contributed by atoms with Gasteiger partial charge in [0.05, 0.1) is 25.8 Å². The molecule has 3 rings (SSSR count). The number of pyridine rings is 1. The molecule has 0 spiro atoms. The zero-order valence-electron chi connectivity index (χ0n) is 15.7. The van der Waals surface area contributed by atoms with Crippen LogP contribution in [-0.2, 0) is 6.54 Å². The van der Waals surface area contributed by atoms with E-state index in [4.69, 9.17) is 21.1 Å². The number of nitrogens with one attached hydrogen (secondary N) is 1. The van der Waals surface area contributed by atoms with E-state index >= 15 is 0 Å². The van der Waals surface area contributed by atoms with Crippen LogP contribution in [0, 0.1) is 5.82 Å². The fraction of sp³-hybridized carbons (Fsp3) is 0.143. The van der Waals surface area contributed by atoms with Crippen LogP contribution in [-0.4, -0.2) is 24.7 Å². The van der Waals surface area contributed by atoms with Crippen LogP contribution in [0.15, 0.2) is 59.5 Å². The van der Waals surface area contributed by atoms with Crippen molar-refractivity contribution in [2.24, 2.45) is 0 Å². The number of anilines is 1. The van der Waals surface area contributed by atoms with E-state index in [0.29, 0.717) is 11.5 Å². The summed E-state index contributed by atoms with van der Waals surface area (Å²) in [5.74, 6) is -0.0281. The van der Waals surface area contributed by atoms with Crippen molar-refractivity contribution in [3.8, 4) is 11.5 Å². The van der Waals surface area contributed by atoms with Gasteiger partial charge in [0.15, 0.2) is 0 Å². The number of hydrogen-bond donors (Lipinski definition) is 1.